The third-order valence-corrected chi connectivity index (χ3v) is 3.07. The molecular weight excluding hydrogens is 198 g/mol. The summed E-state index contributed by atoms with van der Waals surface area (Å²) >= 11 is 1.16. The van der Waals surface area contributed by atoms with Crippen molar-refractivity contribution < 1.29 is 4.79 Å². The number of carbonyl (C=O) groups is 1. The molecule has 1 aromatic heterocycles. The van der Waals surface area contributed by atoms with Crippen molar-refractivity contribution in [2.24, 2.45) is 0 Å². The summed E-state index contributed by atoms with van der Waals surface area (Å²) in [6.07, 6.45) is 4.60. The van der Waals surface area contributed by atoms with Gasteiger partial charge in [0.1, 0.15) is 10.7 Å². The Balaban J connectivity index is 1.95. The standard InChI is InChI=1S/C9H13N3OS/c10-8-5-7(12-14-8)9(13)11-6-3-1-2-4-6/h5-6H,1-4,10H2,(H,11,13). The number of hydrogen-bond donors (Lipinski definition) is 2. The highest BCUT2D eigenvalue weighted by Gasteiger charge is 2.19. The molecule has 1 fully saturated rings. The Morgan fingerprint density at radius 2 is 2.29 bits per heavy atom. The molecule has 1 aliphatic rings. The van der Waals surface area contributed by atoms with Crippen LogP contribution in [0.15, 0.2) is 6.07 Å². The fourth-order valence-electron chi connectivity index (χ4n) is 1.73. The van der Waals surface area contributed by atoms with Crippen molar-refractivity contribution in [3.05, 3.63) is 11.8 Å². The smallest absolute Gasteiger partial charge is 0.271 e. The number of nitrogen functional groups attached to an aromatic ring is 1. The topological polar surface area (TPSA) is 68.0 Å². The predicted octanol–water partition coefficient (Wildman–Crippen LogP) is 1.40. The first-order chi connectivity index (χ1) is 6.75. The van der Waals surface area contributed by atoms with Gasteiger partial charge in [0.15, 0.2) is 0 Å². The SMILES string of the molecule is Nc1cc(C(=O)NC2CCCC2)ns1. The second-order valence-electron chi connectivity index (χ2n) is 3.57. The minimum atomic E-state index is -0.0927. The van der Waals surface area contributed by atoms with Gasteiger partial charge in [-0.3, -0.25) is 4.79 Å². The van der Waals surface area contributed by atoms with Crippen LogP contribution < -0.4 is 11.1 Å². The molecule has 0 atom stereocenters. The van der Waals surface area contributed by atoms with Gasteiger partial charge in [0.25, 0.3) is 5.91 Å². The molecule has 0 aromatic carbocycles. The van der Waals surface area contributed by atoms with E-state index in [9.17, 15) is 4.79 Å². The Kier molecular flexibility index (Phi) is 2.67. The predicted molar refractivity (Wildman–Crippen MR) is 56.2 cm³/mol. The van der Waals surface area contributed by atoms with Crippen molar-refractivity contribution in [3.8, 4) is 0 Å². The molecule has 3 N–H and O–H groups in total. The first-order valence-electron chi connectivity index (χ1n) is 4.79. The first kappa shape index (κ1) is 9.45. The number of rotatable bonds is 2. The molecule has 1 aromatic rings. The highest BCUT2D eigenvalue weighted by Crippen LogP contribution is 2.18. The Bertz CT molecular complexity index is 331. The van der Waals surface area contributed by atoms with E-state index in [4.69, 9.17) is 5.73 Å². The van der Waals surface area contributed by atoms with Crippen molar-refractivity contribution in [2.45, 2.75) is 31.7 Å². The van der Waals surface area contributed by atoms with Gasteiger partial charge >= 0.3 is 0 Å². The molecule has 14 heavy (non-hydrogen) atoms. The van der Waals surface area contributed by atoms with E-state index < -0.39 is 0 Å². The van der Waals surface area contributed by atoms with E-state index >= 15 is 0 Å². The van der Waals surface area contributed by atoms with E-state index in [1.54, 1.807) is 6.07 Å². The maximum absolute atomic E-state index is 11.6. The van der Waals surface area contributed by atoms with E-state index in [1.807, 2.05) is 0 Å². The second kappa shape index (κ2) is 3.96. The van der Waals surface area contributed by atoms with Crippen LogP contribution >= 0.6 is 11.5 Å². The van der Waals surface area contributed by atoms with E-state index in [2.05, 4.69) is 9.69 Å². The van der Waals surface area contributed by atoms with Crippen molar-refractivity contribution in [1.82, 2.24) is 9.69 Å². The lowest BCUT2D eigenvalue weighted by atomic mass is 10.2. The van der Waals surface area contributed by atoms with Gasteiger partial charge in [-0.15, -0.1) is 0 Å². The normalized spacial score (nSPS) is 17.1. The van der Waals surface area contributed by atoms with Crippen LogP contribution in [0.4, 0.5) is 5.00 Å². The Labute approximate surface area is 86.7 Å². The van der Waals surface area contributed by atoms with Gasteiger partial charge < -0.3 is 11.1 Å². The highest BCUT2D eigenvalue weighted by atomic mass is 32.1. The molecule has 0 radical (unpaired) electrons. The molecule has 0 bridgehead atoms. The van der Waals surface area contributed by atoms with Crippen LogP contribution in [0.5, 0.6) is 0 Å². The number of nitrogens with one attached hydrogen (secondary N) is 1. The Morgan fingerprint density at radius 1 is 1.57 bits per heavy atom. The summed E-state index contributed by atoms with van der Waals surface area (Å²) in [6, 6.07) is 1.96. The summed E-state index contributed by atoms with van der Waals surface area (Å²) in [4.78, 5) is 11.6. The molecule has 1 amide bonds. The zero-order valence-electron chi connectivity index (χ0n) is 7.82. The quantitative estimate of drug-likeness (QED) is 0.777. The molecule has 5 heteroatoms. The van der Waals surface area contributed by atoms with E-state index in [1.165, 1.54) is 12.8 Å². The van der Waals surface area contributed by atoms with Crippen molar-refractivity contribution in [3.63, 3.8) is 0 Å². The molecule has 0 spiro atoms. The molecule has 0 unspecified atom stereocenters. The average molecular weight is 211 g/mol. The molecule has 4 nitrogen and oxygen atoms in total. The lowest BCUT2D eigenvalue weighted by Crippen LogP contribution is -2.32. The van der Waals surface area contributed by atoms with Gasteiger partial charge in [0.2, 0.25) is 0 Å². The largest absolute Gasteiger partial charge is 0.389 e. The number of carbonyl (C=O) groups excluding carboxylic acids is 1. The summed E-state index contributed by atoms with van der Waals surface area (Å²) in [5.41, 5.74) is 5.94. The number of aromatic nitrogens is 1. The zero-order valence-corrected chi connectivity index (χ0v) is 8.64. The number of nitrogens with zero attached hydrogens (tertiary/aromatic N) is 1. The minimum Gasteiger partial charge on any atom is -0.389 e. The lowest BCUT2D eigenvalue weighted by molar-refractivity contribution is 0.0934. The van der Waals surface area contributed by atoms with Crippen LogP contribution in [-0.2, 0) is 0 Å². The van der Waals surface area contributed by atoms with Crippen molar-refractivity contribution in [1.29, 1.82) is 0 Å². The number of anilines is 1. The van der Waals surface area contributed by atoms with E-state index in [0.29, 0.717) is 16.7 Å². The number of nitrogens with two attached hydrogens (primary N) is 1. The van der Waals surface area contributed by atoms with Crippen LogP contribution in [0.2, 0.25) is 0 Å². The third kappa shape index (κ3) is 2.04. The second-order valence-corrected chi connectivity index (χ2v) is 4.41. The average Bonchev–Trinajstić information content (AvgIpc) is 2.75. The summed E-state index contributed by atoms with van der Waals surface area (Å²) in [5.74, 6) is -0.0927. The summed E-state index contributed by atoms with van der Waals surface area (Å²) in [6.45, 7) is 0. The molecule has 1 saturated carbocycles. The van der Waals surface area contributed by atoms with Gasteiger partial charge in [-0.05, 0) is 24.4 Å². The molecular formula is C9H13N3OS. The number of hydrogen-bond acceptors (Lipinski definition) is 4. The fourth-order valence-corrected chi connectivity index (χ4v) is 2.23. The Hall–Kier alpha value is -1.10. The van der Waals surface area contributed by atoms with Crippen LogP contribution in [0.3, 0.4) is 0 Å². The van der Waals surface area contributed by atoms with Crippen LogP contribution in [0.1, 0.15) is 36.2 Å². The highest BCUT2D eigenvalue weighted by molar-refractivity contribution is 7.10. The summed E-state index contributed by atoms with van der Waals surface area (Å²) in [7, 11) is 0. The van der Waals surface area contributed by atoms with Gasteiger partial charge in [-0.2, -0.15) is 4.37 Å². The molecule has 0 saturated heterocycles. The van der Waals surface area contributed by atoms with E-state index in [0.717, 1.165) is 24.4 Å². The van der Waals surface area contributed by atoms with Gasteiger partial charge in [-0.1, -0.05) is 12.8 Å². The lowest BCUT2D eigenvalue weighted by Gasteiger charge is -2.09. The van der Waals surface area contributed by atoms with Crippen LogP contribution in [-0.4, -0.2) is 16.3 Å². The third-order valence-electron chi connectivity index (χ3n) is 2.45. The maximum atomic E-state index is 11.6. The minimum absolute atomic E-state index is 0.0927. The molecule has 76 valence electrons. The van der Waals surface area contributed by atoms with Gasteiger partial charge in [-0.25, -0.2) is 0 Å². The molecule has 2 rings (SSSR count). The number of amides is 1. The van der Waals surface area contributed by atoms with Gasteiger partial charge in [0, 0.05) is 12.1 Å². The zero-order chi connectivity index (χ0) is 9.97. The van der Waals surface area contributed by atoms with Crippen molar-refractivity contribution >= 4 is 22.4 Å². The fraction of sp³-hybridized carbons (Fsp3) is 0.556. The van der Waals surface area contributed by atoms with Crippen LogP contribution in [0.25, 0.3) is 0 Å². The molecule has 1 aliphatic carbocycles. The molecule has 1 heterocycles. The maximum Gasteiger partial charge on any atom is 0.271 e. The summed E-state index contributed by atoms with van der Waals surface area (Å²) < 4.78 is 3.96. The van der Waals surface area contributed by atoms with Crippen molar-refractivity contribution in [2.75, 3.05) is 5.73 Å². The van der Waals surface area contributed by atoms with Crippen LogP contribution in [0, 0.1) is 0 Å². The van der Waals surface area contributed by atoms with E-state index in [-0.39, 0.29) is 5.91 Å². The monoisotopic (exact) mass is 211 g/mol. The first-order valence-corrected chi connectivity index (χ1v) is 5.56. The van der Waals surface area contributed by atoms with Gasteiger partial charge in [0.05, 0.1) is 0 Å². The summed E-state index contributed by atoms with van der Waals surface area (Å²) in [5, 5.41) is 3.54. The Morgan fingerprint density at radius 3 is 2.86 bits per heavy atom. The molecule has 0 aliphatic heterocycles.